The second kappa shape index (κ2) is 10.6. The van der Waals surface area contributed by atoms with E-state index in [1.54, 1.807) is 12.3 Å². The third-order valence-corrected chi connectivity index (χ3v) is 6.77. The van der Waals surface area contributed by atoms with Crippen molar-refractivity contribution in [3.05, 3.63) is 23.5 Å². The summed E-state index contributed by atoms with van der Waals surface area (Å²) in [7, 11) is 2.04. The van der Waals surface area contributed by atoms with Gasteiger partial charge in [0.25, 0.3) is 12.4 Å². The van der Waals surface area contributed by atoms with Gasteiger partial charge in [-0.05, 0) is 51.8 Å². The van der Waals surface area contributed by atoms with Crippen molar-refractivity contribution in [1.29, 1.82) is 5.26 Å². The van der Waals surface area contributed by atoms with Crippen molar-refractivity contribution >= 4 is 18.3 Å². The number of rotatable bonds is 3. The molecule has 32 heavy (non-hydrogen) atoms. The Bertz CT molecular complexity index is 859. The van der Waals surface area contributed by atoms with Gasteiger partial charge >= 0.3 is 0 Å². The molecule has 4 rings (SSSR count). The highest BCUT2D eigenvalue weighted by Gasteiger charge is 2.53. The molecule has 2 atom stereocenters. The normalized spacial score (nSPS) is 26.1. The van der Waals surface area contributed by atoms with Crippen molar-refractivity contribution in [2.24, 2.45) is 5.41 Å². The molecule has 3 aliphatic rings. The molecule has 10 heteroatoms. The fourth-order valence-corrected chi connectivity index (χ4v) is 5.06. The molecule has 2 amide bonds. The molecule has 3 N–H and O–H groups in total. The lowest BCUT2D eigenvalue weighted by molar-refractivity contribution is -0.143. The van der Waals surface area contributed by atoms with Crippen LogP contribution in [0, 0.1) is 16.7 Å². The average molecular weight is 446 g/mol. The molecule has 0 spiro atoms. The fraction of sp³-hybridized carbons (Fsp3) is 0.636. The largest absolute Gasteiger partial charge is 0.483 e. The molecule has 4 heterocycles. The maximum Gasteiger partial charge on any atom is 0.290 e. The first-order valence-electron chi connectivity index (χ1n) is 11.0. The highest BCUT2D eigenvalue weighted by molar-refractivity contribution is 5.94. The summed E-state index contributed by atoms with van der Waals surface area (Å²) in [5, 5.41) is 19.2. The lowest BCUT2D eigenvalue weighted by atomic mass is 9.67. The molecule has 1 aromatic rings. The zero-order chi connectivity index (χ0) is 23.1. The number of H-pyrrole nitrogens is 1. The van der Waals surface area contributed by atoms with Crippen LogP contribution in [0.1, 0.15) is 48.2 Å². The molecule has 0 radical (unpaired) electrons. The number of nitrogens with one attached hydrogen (secondary N) is 2. The van der Waals surface area contributed by atoms with Gasteiger partial charge in [-0.25, -0.2) is 0 Å². The van der Waals surface area contributed by atoms with E-state index in [-0.39, 0.29) is 30.4 Å². The smallest absolute Gasteiger partial charge is 0.290 e. The van der Waals surface area contributed by atoms with Gasteiger partial charge in [0, 0.05) is 38.5 Å². The summed E-state index contributed by atoms with van der Waals surface area (Å²) in [6.45, 7) is 3.27. The topological polar surface area (TPSA) is 139 Å². The molecule has 3 fully saturated rings. The van der Waals surface area contributed by atoms with Crippen LogP contribution in [-0.2, 0) is 14.3 Å². The van der Waals surface area contributed by atoms with Gasteiger partial charge in [-0.15, -0.1) is 0 Å². The van der Waals surface area contributed by atoms with Gasteiger partial charge in [-0.1, -0.05) is 0 Å². The Morgan fingerprint density at radius 3 is 2.72 bits per heavy atom. The monoisotopic (exact) mass is 445 g/mol. The number of amides is 2. The van der Waals surface area contributed by atoms with Crippen LogP contribution in [0.25, 0.3) is 0 Å². The number of piperidine rings is 2. The van der Waals surface area contributed by atoms with Crippen LogP contribution in [0.3, 0.4) is 0 Å². The Morgan fingerprint density at radius 1 is 1.34 bits per heavy atom. The fourth-order valence-electron chi connectivity index (χ4n) is 5.06. The van der Waals surface area contributed by atoms with E-state index in [4.69, 9.17) is 19.9 Å². The second-order valence-electron chi connectivity index (χ2n) is 8.67. The van der Waals surface area contributed by atoms with Crippen molar-refractivity contribution in [2.45, 2.75) is 44.2 Å². The van der Waals surface area contributed by atoms with E-state index in [1.807, 2.05) is 11.9 Å². The van der Waals surface area contributed by atoms with Gasteiger partial charge in [0.15, 0.2) is 0 Å². The first-order valence-corrected chi connectivity index (χ1v) is 11.0. The summed E-state index contributed by atoms with van der Waals surface area (Å²) in [6, 6.07) is 3.63. The molecule has 3 aliphatic heterocycles. The van der Waals surface area contributed by atoms with Crippen LogP contribution in [0.15, 0.2) is 12.3 Å². The SMILES string of the molecule is CN1CC[C@]2(C(=O)NC3CCOCC3)CCCN(C(=O)c3cc(C#N)c[nH]3)[C@H]2C1.O=CO. The summed E-state index contributed by atoms with van der Waals surface area (Å²) in [4.78, 5) is 42.1. The Kier molecular flexibility index (Phi) is 7.88. The van der Waals surface area contributed by atoms with Crippen molar-refractivity contribution in [3.8, 4) is 6.07 Å². The number of carbonyl (C=O) groups excluding carboxylic acids is 2. The Labute approximate surface area is 187 Å². The molecule has 1 aromatic heterocycles. The zero-order valence-electron chi connectivity index (χ0n) is 18.4. The molecule has 0 aliphatic carbocycles. The van der Waals surface area contributed by atoms with E-state index in [1.165, 1.54) is 0 Å². The van der Waals surface area contributed by atoms with E-state index in [0.29, 0.717) is 37.6 Å². The summed E-state index contributed by atoms with van der Waals surface area (Å²) in [5.74, 6) is -0.0426. The minimum atomic E-state index is -0.552. The average Bonchev–Trinajstić information content (AvgIpc) is 3.29. The molecule has 3 saturated heterocycles. The lowest BCUT2D eigenvalue weighted by Crippen LogP contribution is -2.67. The van der Waals surface area contributed by atoms with E-state index in [9.17, 15) is 9.59 Å². The summed E-state index contributed by atoms with van der Waals surface area (Å²) in [5.41, 5.74) is 0.300. The van der Waals surface area contributed by atoms with Gasteiger partial charge in [-0.3, -0.25) is 14.4 Å². The Morgan fingerprint density at radius 2 is 2.06 bits per heavy atom. The standard InChI is InChI=1S/C21H29N5O3.CH2O2/c1-25-8-6-21(20(28)24-16-3-9-29-10-4-16)5-2-7-26(18(21)14-25)19(27)17-11-15(12-22)13-23-17;2-1-3/h11,13,16,18,23H,2-10,14H2,1H3,(H,24,28);1H,(H,2,3)/t18-,21+;/m0./s1. The minimum absolute atomic E-state index is 0.0872. The van der Waals surface area contributed by atoms with E-state index in [2.05, 4.69) is 21.3 Å². The number of carboxylic acid groups (broad SMARTS) is 1. The summed E-state index contributed by atoms with van der Waals surface area (Å²) in [6.07, 6.45) is 5.59. The van der Waals surface area contributed by atoms with Crippen molar-refractivity contribution < 1.29 is 24.2 Å². The van der Waals surface area contributed by atoms with E-state index < -0.39 is 5.41 Å². The predicted molar refractivity (Wildman–Crippen MR) is 115 cm³/mol. The Balaban J connectivity index is 0.000000913. The van der Waals surface area contributed by atoms with Crippen LogP contribution in [0.4, 0.5) is 0 Å². The molecule has 0 aromatic carbocycles. The molecular formula is C22H31N5O5. The first kappa shape index (κ1) is 23.8. The molecule has 0 saturated carbocycles. The lowest BCUT2D eigenvalue weighted by Gasteiger charge is -2.53. The third-order valence-electron chi connectivity index (χ3n) is 6.77. The number of carbonyl (C=O) groups is 3. The molecule has 0 bridgehead atoms. The number of aromatic nitrogens is 1. The number of aromatic amines is 1. The maximum atomic E-state index is 13.5. The molecule has 10 nitrogen and oxygen atoms in total. The van der Waals surface area contributed by atoms with Gasteiger partial charge in [0.2, 0.25) is 5.91 Å². The number of hydrogen-bond acceptors (Lipinski definition) is 6. The van der Waals surface area contributed by atoms with Crippen molar-refractivity contribution in [3.63, 3.8) is 0 Å². The quantitative estimate of drug-likeness (QED) is 0.585. The number of hydrogen-bond donors (Lipinski definition) is 3. The van der Waals surface area contributed by atoms with Gasteiger partial charge in [0.05, 0.1) is 17.0 Å². The second-order valence-corrected chi connectivity index (χ2v) is 8.67. The van der Waals surface area contributed by atoms with Gasteiger partial charge < -0.3 is 29.9 Å². The summed E-state index contributed by atoms with van der Waals surface area (Å²) >= 11 is 0. The van der Waals surface area contributed by atoms with Crippen LogP contribution in [0.5, 0.6) is 0 Å². The number of ether oxygens (including phenoxy) is 1. The first-order chi connectivity index (χ1) is 15.4. The maximum absolute atomic E-state index is 13.5. The zero-order valence-corrected chi connectivity index (χ0v) is 18.4. The molecular weight excluding hydrogens is 414 g/mol. The number of nitriles is 1. The van der Waals surface area contributed by atoms with E-state index >= 15 is 0 Å². The van der Waals surface area contributed by atoms with Crippen LogP contribution < -0.4 is 5.32 Å². The van der Waals surface area contributed by atoms with Crippen molar-refractivity contribution in [1.82, 2.24) is 20.1 Å². The predicted octanol–water partition coefficient (Wildman–Crippen LogP) is 0.809. The highest BCUT2D eigenvalue weighted by atomic mass is 16.5. The van der Waals surface area contributed by atoms with Gasteiger partial charge in [0.1, 0.15) is 11.8 Å². The van der Waals surface area contributed by atoms with Crippen LogP contribution >= 0.6 is 0 Å². The van der Waals surface area contributed by atoms with Crippen LogP contribution in [-0.4, -0.2) is 90.2 Å². The highest BCUT2D eigenvalue weighted by Crippen LogP contribution is 2.43. The molecule has 174 valence electrons. The number of nitrogens with zero attached hydrogens (tertiary/aromatic N) is 3. The van der Waals surface area contributed by atoms with Crippen LogP contribution in [0.2, 0.25) is 0 Å². The molecule has 0 unspecified atom stereocenters. The number of likely N-dealkylation sites (tertiary alicyclic amines) is 2. The van der Waals surface area contributed by atoms with Crippen molar-refractivity contribution in [2.75, 3.05) is 39.9 Å². The Hall–Kier alpha value is -2.90. The summed E-state index contributed by atoms with van der Waals surface area (Å²) < 4.78 is 5.42. The van der Waals surface area contributed by atoms with E-state index in [0.717, 1.165) is 38.6 Å². The third kappa shape index (κ3) is 4.95. The minimum Gasteiger partial charge on any atom is -0.483 e. The number of likely N-dealkylation sites (N-methyl/N-ethyl adjacent to an activating group) is 1. The van der Waals surface area contributed by atoms with Gasteiger partial charge in [-0.2, -0.15) is 5.26 Å². The number of fused-ring (bicyclic) bond motifs is 1.